The highest BCUT2D eigenvalue weighted by molar-refractivity contribution is 5.50. The molecule has 1 N–H and O–H groups in total. The van der Waals surface area contributed by atoms with Crippen molar-refractivity contribution in [1.82, 2.24) is 4.98 Å². The smallest absolute Gasteiger partial charge is 0.168 e. The van der Waals surface area contributed by atoms with Crippen molar-refractivity contribution >= 4 is 11.6 Å². The second-order valence-corrected chi connectivity index (χ2v) is 5.53. The van der Waals surface area contributed by atoms with Gasteiger partial charge in [-0.1, -0.05) is 13.8 Å². The molecule has 0 unspecified atom stereocenters. The number of halogens is 2. The average Bonchev–Trinajstić information content (AvgIpc) is 2.87. The lowest BCUT2D eigenvalue weighted by Crippen LogP contribution is -2.27. The summed E-state index contributed by atoms with van der Waals surface area (Å²) in [5.74, 6) is -0.808. The molecule has 0 aliphatic carbocycles. The molecule has 2 heterocycles. The predicted octanol–water partition coefficient (Wildman–Crippen LogP) is 3.81. The van der Waals surface area contributed by atoms with Gasteiger partial charge in [-0.15, -0.1) is 0 Å². The summed E-state index contributed by atoms with van der Waals surface area (Å²) in [6.07, 6.45) is 3.18. The lowest BCUT2D eigenvalue weighted by molar-refractivity contribution is 0.301. The number of hydrogen-bond donors (Lipinski definition) is 1. The molecule has 5 heteroatoms. The van der Waals surface area contributed by atoms with E-state index in [0.717, 1.165) is 38.4 Å². The zero-order chi connectivity index (χ0) is 14.8. The molecule has 1 saturated heterocycles. The molecule has 0 radical (unpaired) electrons. The fourth-order valence-electron chi connectivity index (χ4n) is 2.91. The summed E-state index contributed by atoms with van der Waals surface area (Å²) >= 11 is 0. The summed E-state index contributed by atoms with van der Waals surface area (Å²) in [5.41, 5.74) is 0.237. The van der Waals surface area contributed by atoms with Gasteiger partial charge in [-0.2, -0.15) is 0 Å². The number of nitrogens with zero attached hydrogens (tertiary/aromatic N) is 2. The van der Waals surface area contributed by atoms with E-state index >= 15 is 0 Å². The van der Waals surface area contributed by atoms with Crippen LogP contribution in [0.1, 0.15) is 40.0 Å². The fraction of sp³-hybridized carbons (Fsp3) is 0.667. The third-order valence-corrected chi connectivity index (χ3v) is 4.49. The number of aromatic nitrogens is 1. The highest BCUT2D eigenvalue weighted by Crippen LogP contribution is 2.39. The molecule has 1 aliphatic rings. The van der Waals surface area contributed by atoms with Crippen LogP contribution in [0.25, 0.3) is 0 Å². The molecular formula is C15H23F2N3. The summed E-state index contributed by atoms with van der Waals surface area (Å²) in [7, 11) is 0. The van der Waals surface area contributed by atoms with Crippen LogP contribution in [0, 0.1) is 17.0 Å². The van der Waals surface area contributed by atoms with Crippen molar-refractivity contribution in [2.45, 2.75) is 40.0 Å². The minimum atomic E-state index is -0.635. The molecule has 1 aromatic rings. The fourth-order valence-corrected chi connectivity index (χ4v) is 2.91. The molecular weight excluding hydrogens is 260 g/mol. The van der Waals surface area contributed by atoms with Gasteiger partial charge in [0.15, 0.2) is 23.3 Å². The minimum Gasteiger partial charge on any atom is -0.368 e. The van der Waals surface area contributed by atoms with E-state index in [-0.39, 0.29) is 17.1 Å². The molecule has 0 atom stereocenters. The molecule has 0 saturated carbocycles. The first-order chi connectivity index (χ1) is 9.55. The molecule has 0 spiro atoms. The van der Waals surface area contributed by atoms with Crippen LogP contribution in [0.15, 0.2) is 6.07 Å². The highest BCUT2D eigenvalue weighted by Gasteiger charge is 2.36. The first-order valence-corrected chi connectivity index (χ1v) is 7.40. The van der Waals surface area contributed by atoms with Crippen LogP contribution < -0.4 is 10.2 Å². The Kier molecular flexibility index (Phi) is 4.45. The standard InChI is InChI=1S/C15H23F2N3/c1-4-15(5-2)7-8-20(10-15)14-12(17)9-11(16)13(19-14)18-6-3/h9H,4-8,10H2,1-3H3,(H,18,19). The summed E-state index contributed by atoms with van der Waals surface area (Å²) in [4.78, 5) is 6.09. The molecule has 0 bridgehead atoms. The van der Waals surface area contributed by atoms with Gasteiger partial charge in [0.05, 0.1) is 0 Å². The number of nitrogens with one attached hydrogen (secondary N) is 1. The van der Waals surface area contributed by atoms with E-state index in [1.54, 1.807) is 0 Å². The van der Waals surface area contributed by atoms with Crippen LogP contribution >= 0.6 is 0 Å². The van der Waals surface area contributed by atoms with E-state index in [9.17, 15) is 8.78 Å². The van der Waals surface area contributed by atoms with Gasteiger partial charge in [0, 0.05) is 25.7 Å². The number of anilines is 2. The van der Waals surface area contributed by atoms with Crippen molar-refractivity contribution in [1.29, 1.82) is 0 Å². The van der Waals surface area contributed by atoms with Gasteiger partial charge in [0.25, 0.3) is 0 Å². The van der Waals surface area contributed by atoms with Gasteiger partial charge in [0.2, 0.25) is 0 Å². The van der Waals surface area contributed by atoms with Gasteiger partial charge in [-0.05, 0) is 31.6 Å². The van der Waals surface area contributed by atoms with Crippen LogP contribution in [0.2, 0.25) is 0 Å². The Morgan fingerprint density at radius 2 is 1.95 bits per heavy atom. The Morgan fingerprint density at radius 3 is 2.50 bits per heavy atom. The average molecular weight is 283 g/mol. The molecule has 3 nitrogen and oxygen atoms in total. The number of pyridine rings is 1. The maximum Gasteiger partial charge on any atom is 0.168 e. The van der Waals surface area contributed by atoms with Crippen LogP contribution in [-0.2, 0) is 0 Å². The van der Waals surface area contributed by atoms with E-state index in [4.69, 9.17) is 0 Å². The summed E-state index contributed by atoms with van der Waals surface area (Å²) < 4.78 is 27.6. The maximum atomic E-state index is 14.0. The maximum absolute atomic E-state index is 14.0. The van der Waals surface area contributed by atoms with Gasteiger partial charge < -0.3 is 10.2 Å². The van der Waals surface area contributed by atoms with Gasteiger partial charge >= 0.3 is 0 Å². The molecule has 1 fully saturated rings. The normalized spacial score (nSPS) is 17.6. The zero-order valence-electron chi connectivity index (χ0n) is 12.5. The van der Waals surface area contributed by atoms with Crippen molar-refractivity contribution in [2.75, 3.05) is 29.9 Å². The topological polar surface area (TPSA) is 28.2 Å². The molecule has 1 aliphatic heterocycles. The lowest BCUT2D eigenvalue weighted by Gasteiger charge is -2.27. The van der Waals surface area contributed by atoms with E-state index in [1.807, 2.05) is 11.8 Å². The lowest BCUT2D eigenvalue weighted by atomic mass is 9.82. The van der Waals surface area contributed by atoms with Crippen molar-refractivity contribution in [3.8, 4) is 0 Å². The summed E-state index contributed by atoms with van der Waals surface area (Å²) in [6, 6.07) is 0.929. The SMILES string of the molecule is CCNc1nc(N2CCC(CC)(CC)C2)c(F)cc1F. The molecule has 0 aromatic carbocycles. The first kappa shape index (κ1) is 15.0. The number of rotatable bonds is 5. The molecule has 2 rings (SSSR count). The van der Waals surface area contributed by atoms with Crippen LogP contribution in [0.4, 0.5) is 20.4 Å². The van der Waals surface area contributed by atoms with Crippen molar-refractivity contribution in [3.63, 3.8) is 0 Å². The van der Waals surface area contributed by atoms with Gasteiger partial charge in [-0.3, -0.25) is 0 Å². The zero-order valence-corrected chi connectivity index (χ0v) is 12.5. The molecule has 112 valence electrons. The second kappa shape index (κ2) is 5.94. The third kappa shape index (κ3) is 2.72. The number of hydrogen-bond acceptors (Lipinski definition) is 3. The second-order valence-electron chi connectivity index (χ2n) is 5.53. The van der Waals surface area contributed by atoms with Crippen molar-refractivity contribution < 1.29 is 8.78 Å². The van der Waals surface area contributed by atoms with Crippen LogP contribution in [0.5, 0.6) is 0 Å². The van der Waals surface area contributed by atoms with E-state index < -0.39 is 11.6 Å². The Labute approximate surface area is 119 Å². The largest absolute Gasteiger partial charge is 0.368 e. The van der Waals surface area contributed by atoms with Crippen LogP contribution in [0.3, 0.4) is 0 Å². The summed E-state index contributed by atoms with van der Waals surface area (Å²) in [5, 5.41) is 2.84. The van der Waals surface area contributed by atoms with Crippen molar-refractivity contribution in [3.05, 3.63) is 17.7 Å². The van der Waals surface area contributed by atoms with E-state index in [2.05, 4.69) is 24.1 Å². The summed E-state index contributed by atoms with van der Waals surface area (Å²) in [6.45, 7) is 8.34. The highest BCUT2D eigenvalue weighted by atomic mass is 19.1. The van der Waals surface area contributed by atoms with Crippen molar-refractivity contribution in [2.24, 2.45) is 5.41 Å². The third-order valence-electron chi connectivity index (χ3n) is 4.49. The van der Waals surface area contributed by atoms with Gasteiger partial charge in [0.1, 0.15) is 0 Å². The minimum absolute atomic E-state index is 0.134. The molecule has 0 amide bonds. The Balaban J connectivity index is 2.27. The predicted molar refractivity (Wildman–Crippen MR) is 78.2 cm³/mol. The van der Waals surface area contributed by atoms with Gasteiger partial charge in [-0.25, -0.2) is 13.8 Å². The van der Waals surface area contributed by atoms with Crippen LogP contribution in [-0.4, -0.2) is 24.6 Å². The Morgan fingerprint density at radius 1 is 1.25 bits per heavy atom. The Hall–Kier alpha value is -1.39. The quantitative estimate of drug-likeness (QED) is 0.890. The monoisotopic (exact) mass is 283 g/mol. The molecule has 20 heavy (non-hydrogen) atoms. The first-order valence-electron chi connectivity index (χ1n) is 7.40. The molecule has 1 aromatic heterocycles. The van der Waals surface area contributed by atoms with E-state index in [1.165, 1.54) is 0 Å². The Bertz CT molecular complexity index is 472. The van der Waals surface area contributed by atoms with E-state index in [0.29, 0.717) is 6.54 Å².